The largest absolute Gasteiger partial charge is 0.497 e. The van der Waals surface area contributed by atoms with E-state index in [1.165, 1.54) is 0 Å². The number of ether oxygens (including phenoxy) is 1. The second kappa shape index (κ2) is 10.4. The van der Waals surface area contributed by atoms with Crippen molar-refractivity contribution in [3.63, 3.8) is 0 Å². The zero-order chi connectivity index (χ0) is 23.4. The number of carbonyl (C=O) groups is 1. The number of aromatic nitrogens is 1. The predicted octanol–water partition coefficient (Wildman–Crippen LogP) is 5.53. The number of fused-ring (bicyclic) bond motifs is 1. The summed E-state index contributed by atoms with van der Waals surface area (Å²) in [7, 11) is 5.64. The number of benzene rings is 2. The highest BCUT2D eigenvalue weighted by molar-refractivity contribution is 8.00. The Morgan fingerprint density at radius 1 is 1.24 bits per heavy atom. The average Bonchev–Trinajstić information content (AvgIpc) is 3.40. The molecule has 2 aromatic carbocycles. The molecule has 8 heteroatoms. The Kier molecular flexibility index (Phi) is 7.37. The fourth-order valence-electron chi connectivity index (χ4n) is 3.68. The van der Waals surface area contributed by atoms with Gasteiger partial charge in [0, 0.05) is 34.3 Å². The fourth-order valence-corrected chi connectivity index (χ4v) is 5.55. The number of methoxy groups -OCH3 is 1. The first-order valence-corrected chi connectivity index (χ1v) is 12.5. The van der Waals surface area contributed by atoms with E-state index in [0.29, 0.717) is 23.6 Å². The van der Waals surface area contributed by atoms with Crippen molar-refractivity contribution in [1.82, 2.24) is 15.2 Å². The van der Waals surface area contributed by atoms with Crippen LogP contribution in [0.3, 0.4) is 0 Å². The monoisotopic (exact) mass is 481 g/mol. The number of thioether (sulfide) groups is 1. The Hall–Kier alpha value is -2.81. The number of rotatable bonds is 9. The Bertz CT molecular complexity index is 1250. The van der Waals surface area contributed by atoms with Crippen LogP contribution >= 0.6 is 23.1 Å². The number of likely N-dealkylation sites (N-methyl/N-ethyl adjacent to an activating group) is 1. The van der Waals surface area contributed by atoms with Crippen molar-refractivity contribution >= 4 is 40.0 Å². The van der Waals surface area contributed by atoms with Gasteiger partial charge in [0.15, 0.2) is 5.76 Å². The zero-order valence-electron chi connectivity index (χ0n) is 19.1. The van der Waals surface area contributed by atoms with E-state index in [0.717, 1.165) is 32.3 Å². The normalized spacial score (nSPS) is 12.3. The van der Waals surface area contributed by atoms with Gasteiger partial charge in [0.1, 0.15) is 15.7 Å². The first kappa shape index (κ1) is 23.4. The highest BCUT2D eigenvalue weighted by Crippen LogP contribution is 2.33. The summed E-state index contributed by atoms with van der Waals surface area (Å²) < 4.78 is 12.4. The van der Waals surface area contributed by atoms with Crippen LogP contribution in [-0.2, 0) is 5.75 Å². The highest BCUT2D eigenvalue weighted by Gasteiger charge is 2.23. The van der Waals surface area contributed by atoms with Crippen LogP contribution in [0, 0.1) is 6.92 Å². The number of carbonyl (C=O) groups excluding carboxylic acids is 1. The Morgan fingerprint density at radius 3 is 2.79 bits per heavy atom. The third-order valence-electron chi connectivity index (χ3n) is 5.40. The van der Waals surface area contributed by atoms with Gasteiger partial charge < -0.3 is 19.4 Å². The Labute approximate surface area is 202 Å². The van der Waals surface area contributed by atoms with E-state index >= 15 is 0 Å². The molecular weight excluding hydrogens is 454 g/mol. The quantitative estimate of drug-likeness (QED) is 0.317. The van der Waals surface area contributed by atoms with Crippen molar-refractivity contribution in [2.24, 2.45) is 0 Å². The molecule has 4 rings (SSSR count). The molecule has 4 aromatic rings. The summed E-state index contributed by atoms with van der Waals surface area (Å²) in [5.41, 5.74) is 3.68. The van der Waals surface area contributed by atoms with Gasteiger partial charge >= 0.3 is 0 Å². The van der Waals surface area contributed by atoms with E-state index in [2.05, 4.69) is 15.2 Å². The van der Waals surface area contributed by atoms with E-state index in [1.807, 2.05) is 74.9 Å². The van der Waals surface area contributed by atoms with Crippen LogP contribution < -0.4 is 10.1 Å². The second-order valence-corrected chi connectivity index (χ2v) is 10.00. The number of thiazole rings is 1. The van der Waals surface area contributed by atoms with Gasteiger partial charge in [-0.3, -0.25) is 4.79 Å². The molecule has 0 saturated carbocycles. The molecule has 0 bridgehead atoms. The number of nitrogens with zero attached hydrogens (tertiary/aromatic N) is 2. The van der Waals surface area contributed by atoms with Crippen LogP contribution in [-0.4, -0.2) is 43.5 Å². The minimum atomic E-state index is -0.216. The highest BCUT2D eigenvalue weighted by atomic mass is 32.2. The van der Waals surface area contributed by atoms with Crippen LogP contribution in [0.15, 0.2) is 62.7 Å². The van der Waals surface area contributed by atoms with Gasteiger partial charge in [-0.2, -0.15) is 0 Å². The molecule has 0 radical (unpaired) electrons. The Balaban J connectivity index is 1.55. The van der Waals surface area contributed by atoms with Crippen LogP contribution in [0.1, 0.15) is 33.4 Å². The van der Waals surface area contributed by atoms with Crippen molar-refractivity contribution in [3.8, 4) is 5.75 Å². The molecule has 0 aliphatic rings. The summed E-state index contributed by atoms with van der Waals surface area (Å²) in [5.74, 6) is 1.55. The van der Waals surface area contributed by atoms with Crippen LogP contribution in [0.4, 0.5) is 0 Å². The van der Waals surface area contributed by atoms with Gasteiger partial charge in [-0.1, -0.05) is 42.1 Å². The second-order valence-electron chi connectivity index (χ2n) is 7.92. The summed E-state index contributed by atoms with van der Waals surface area (Å²) in [6, 6.07) is 15.7. The summed E-state index contributed by atoms with van der Waals surface area (Å²) in [6.45, 7) is 2.42. The van der Waals surface area contributed by atoms with E-state index in [-0.39, 0.29) is 11.9 Å². The molecule has 2 heterocycles. The standard InChI is InChI=1S/C25H27N3O3S2/c1-16-14-32-25(27-16)33-15-20-19-10-5-6-11-22(19)31-23(20)24(29)26-13-21(28(2)3)17-8-7-9-18(12-17)30-4/h5-12,14,21H,13,15H2,1-4H3,(H,26,29). The van der Waals surface area contributed by atoms with Crippen molar-refractivity contribution < 1.29 is 13.9 Å². The minimum Gasteiger partial charge on any atom is -0.497 e. The van der Waals surface area contributed by atoms with Crippen molar-refractivity contribution in [2.75, 3.05) is 27.7 Å². The van der Waals surface area contributed by atoms with E-state index in [9.17, 15) is 4.79 Å². The number of hydrogen-bond acceptors (Lipinski definition) is 7. The molecule has 0 aliphatic carbocycles. The summed E-state index contributed by atoms with van der Waals surface area (Å²) in [4.78, 5) is 19.9. The number of nitrogens with one attached hydrogen (secondary N) is 1. The van der Waals surface area contributed by atoms with Gasteiger partial charge in [0.25, 0.3) is 5.91 Å². The molecular formula is C25H27N3O3S2. The van der Waals surface area contributed by atoms with Crippen LogP contribution in [0.5, 0.6) is 5.75 Å². The first-order chi connectivity index (χ1) is 16.0. The lowest BCUT2D eigenvalue weighted by molar-refractivity contribution is 0.0915. The summed E-state index contributed by atoms with van der Waals surface area (Å²) in [5, 5.41) is 6.07. The molecule has 1 N–H and O–H groups in total. The molecule has 0 fully saturated rings. The number of furan rings is 1. The summed E-state index contributed by atoms with van der Waals surface area (Å²) in [6.07, 6.45) is 0. The van der Waals surface area contributed by atoms with Gasteiger partial charge in [0.05, 0.1) is 13.2 Å². The van der Waals surface area contributed by atoms with Gasteiger partial charge in [-0.05, 0) is 44.8 Å². The average molecular weight is 482 g/mol. The molecule has 33 heavy (non-hydrogen) atoms. The molecule has 1 unspecified atom stereocenters. The van der Waals surface area contributed by atoms with E-state index < -0.39 is 0 Å². The summed E-state index contributed by atoms with van der Waals surface area (Å²) >= 11 is 3.23. The van der Waals surface area contributed by atoms with Gasteiger partial charge in [-0.15, -0.1) is 11.3 Å². The molecule has 6 nitrogen and oxygen atoms in total. The van der Waals surface area contributed by atoms with Crippen LogP contribution in [0.2, 0.25) is 0 Å². The van der Waals surface area contributed by atoms with Gasteiger partial charge in [-0.25, -0.2) is 4.98 Å². The number of aryl methyl sites for hydroxylation is 1. The Morgan fingerprint density at radius 2 is 2.06 bits per heavy atom. The third-order valence-corrected chi connectivity index (χ3v) is 7.57. The molecule has 0 saturated heterocycles. The van der Waals surface area contributed by atoms with E-state index in [4.69, 9.17) is 9.15 Å². The lowest BCUT2D eigenvalue weighted by Crippen LogP contribution is -2.34. The smallest absolute Gasteiger partial charge is 0.287 e. The fraction of sp³-hybridized carbons (Fsp3) is 0.280. The predicted molar refractivity (Wildman–Crippen MR) is 134 cm³/mol. The van der Waals surface area contributed by atoms with Crippen molar-refractivity contribution in [3.05, 3.63) is 76.5 Å². The SMILES string of the molecule is COc1cccc(C(CNC(=O)c2oc3ccccc3c2CSc2nc(C)cs2)N(C)C)c1. The van der Waals surface area contributed by atoms with E-state index in [1.54, 1.807) is 30.2 Å². The number of para-hydroxylation sites is 1. The molecule has 2 aromatic heterocycles. The van der Waals surface area contributed by atoms with Crippen molar-refractivity contribution in [1.29, 1.82) is 0 Å². The molecule has 1 atom stereocenters. The molecule has 1 amide bonds. The number of hydrogen-bond donors (Lipinski definition) is 1. The third kappa shape index (κ3) is 5.40. The van der Waals surface area contributed by atoms with Gasteiger partial charge in [0.2, 0.25) is 0 Å². The maximum absolute atomic E-state index is 13.3. The lowest BCUT2D eigenvalue weighted by Gasteiger charge is -2.25. The van der Waals surface area contributed by atoms with Crippen molar-refractivity contribution in [2.45, 2.75) is 23.1 Å². The molecule has 172 valence electrons. The topological polar surface area (TPSA) is 67.6 Å². The van der Waals surface area contributed by atoms with Crippen LogP contribution in [0.25, 0.3) is 11.0 Å². The first-order valence-electron chi connectivity index (χ1n) is 10.6. The minimum absolute atomic E-state index is 0.00968. The maximum Gasteiger partial charge on any atom is 0.287 e. The zero-order valence-corrected chi connectivity index (χ0v) is 20.8. The molecule has 0 aliphatic heterocycles. The maximum atomic E-state index is 13.3. The number of amides is 1. The molecule has 0 spiro atoms. The lowest BCUT2D eigenvalue weighted by atomic mass is 10.1.